The maximum Gasteiger partial charge on any atom is 0.226 e. The first-order chi connectivity index (χ1) is 12.7. The molecule has 0 saturated carbocycles. The second-order valence-corrected chi connectivity index (χ2v) is 7.21. The van der Waals surface area contributed by atoms with Gasteiger partial charge in [-0.25, -0.2) is 0 Å². The molecular weight excluding hydrogens is 320 g/mol. The quantitative estimate of drug-likeness (QED) is 0.590. The van der Waals surface area contributed by atoms with Gasteiger partial charge < -0.3 is 0 Å². The van der Waals surface area contributed by atoms with Crippen molar-refractivity contribution in [2.24, 2.45) is 0 Å². The predicted molar refractivity (Wildman–Crippen MR) is 103 cm³/mol. The highest BCUT2D eigenvalue weighted by molar-refractivity contribution is 6.57. The molecule has 0 unspecified atom stereocenters. The fraction of sp³-hybridized carbons (Fsp3) is 0.167. The lowest BCUT2D eigenvalue weighted by Crippen LogP contribution is -2.34. The third kappa shape index (κ3) is 2.41. The van der Waals surface area contributed by atoms with E-state index in [1.165, 1.54) is 39.8 Å². The van der Waals surface area contributed by atoms with Gasteiger partial charge in [-0.2, -0.15) is 0 Å². The van der Waals surface area contributed by atoms with E-state index < -0.39 is 11.6 Å². The normalized spacial score (nSPS) is 15.8. The summed E-state index contributed by atoms with van der Waals surface area (Å²) in [6, 6.07) is 17.5. The Morgan fingerprint density at radius 2 is 1.19 bits per heavy atom. The SMILES string of the molecule is O=C1C=c2ccc3c4ccc(c3c2=CC1=O)CCc1ccc(cc1)CC4. The van der Waals surface area contributed by atoms with Gasteiger partial charge in [0.2, 0.25) is 11.6 Å². The molecule has 0 atom stereocenters. The smallest absolute Gasteiger partial charge is 0.226 e. The minimum atomic E-state index is -0.427. The lowest BCUT2D eigenvalue weighted by Gasteiger charge is -2.15. The van der Waals surface area contributed by atoms with Crippen LogP contribution in [0.4, 0.5) is 0 Å². The Morgan fingerprint density at radius 3 is 1.92 bits per heavy atom. The highest BCUT2D eigenvalue weighted by atomic mass is 16.2. The maximum absolute atomic E-state index is 12.0. The highest BCUT2D eigenvalue weighted by Crippen LogP contribution is 2.24. The van der Waals surface area contributed by atoms with Crippen LogP contribution in [0.5, 0.6) is 0 Å². The number of Topliss-reactive ketones (excluding diaryl/α,β-unsaturated/α-hetero) is 2. The Morgan fingerprint density at radius 1 is 0.577 bits per heavy atom. The van der Waals surface area contributed by atoms with Crippen LogP contribution in [0, 0.1) is 0 Å². The number of rotatable bonds is 0. The summed E-state index contributed by atoms with van der Waals surface area (Å²) in [4.78, 5) is 23.8. The standard InChI is InChI=1S/C24H18O2/c25-22-13-19-11-12-20-17-7-5-15-1-3-16(4-2-15)6-8-18(10-9-17)24(20)21(19)14-23(22)26/h1-4,9-14H,5-8H2. The first-order valence-electron chi connectivity index (χ1n) is 9.12. The first-order valence-corrected chi connectivity index (χ1v) is 9.12. The molecule has 126 valence electrons. The second-order valence-electron chi connectivity index (χ2n) is 7.21. The fourth-order valence-corrected chi connectivity index (χ4v) is 4.18. The van der Waals surface area contributed by atoms with Crippen molar-refractivity contribution in [3.8, 4) is 0 Å². The topological polar surface area (TPSA) is 34.1 Å². The minimum absolute atomic E-state index is 0.419. The monoisotopic (exact) mass is 338 g/mol. The Kier molecular flexibility index (Phi) is 3.39. The van der Waals surface area contributed by atoms with Crippen molar-refractivity contribution < 1.29 is 9.59 Å². The molecule has 2 heteroatoms. The molecule has 0 fully saturated rings. The summed E-state index contributed by atoms with van der Waals surface area (Å²) < 4.78 is 0. The number of hydrogen-bond acceptors (Lipinski definition) is 2. The minimum Gasteiger partial charge on any atom is -0.286 e. The number of hydrogen-bond donors (Lipinski definition) is 0. The van der Waals surface area contributed by atoms with E-state index in [-0.39, 0.29) is 0 Å². The van der Waals surface area contributed by atoms with Crippen molar-refractivity contribution >= 4 is 34.5 Å². The van der Waals surface area contributed by atoms with Crippen molar-refractivity contribution in [1.82, 2.24) is 0 Å². The van der Waals surface area contributed by atoms with Crippen LogP contribution < -0.4 is 10.4 Å². The summed E-state index contributed by atoms with van der Waals surface area (Å²) in [6.07, 6.45) is 6.86. The molecule has 0 aromatic heterocycles. The van der Waals surface area contributed by atoms with E-state index in [4.69, 9.17) is 0 Å². The van der Waals surface area contributed by atoms with Crippen LogP contribution in [-0.4, -0.2) is 11.6 Å². The van der Waals surface area contributed by atoms with Crippen LogP contribution in [0.25, 0.3) is 22.9 Å². The van der Waals surface area contributed by atoms with Gasteiger partial charge in [0, 0.05) is 0 Å². The fourth-order valence-electron chi connectivity index (χ4n) is 4.18. The number of benzene rings is 3. The van der Waals surface area contributed by atoms with Crippen molar-refractivity contribution in [1.29, 1.82) is 0 Å². The summed E-state index contributed by atoms with van der Waals surface area (Å²) in [5, 5.41) is 4.13. The largest absolute Gasteiger partial charge is 0.286 e. The number of aryl methyl sites for hydroxylation is 4. The molecule has 26 heavy (non-hydrogen) atoms. The molecule has 0 aliphatic heterocycles. The summed E-state index contributed by atoms with van der Waals surface area (Å²) in [7, 11) is 0. The predicted octanol–water partition coefficient (Wildman–Crippen LogP) is 2.44. The molecule has 3 aromatic rings. The summed E-state index contributed by atoms with van der Waals surface area (Å²) in [5.74, 6) is -0.846. The summed E-state index contributed by atoms with van der Waals surface area (Å²) in [6.45, 7) is 0. The summed E-state index contributed by atoms with van der Waals surface area (Å²) in [5.41, 5.74) is 5.23. The molecule has 0 saturated heterocycles. The van der Waals surface area contributed by atoms with Gasteiger partial charge in [-0.05, 0) is 81.3 Å². The van der Waals surface area contributed by atoms with E-state index in [0.717, 1.165) is 41.5 Å². The highest BCUT2D eigenvalue weighted by Gasteiger charge is 2.16. The Labute approximate surface area is 151 Å². The zero-order chi connectivity index (χ0) is 17.7. The van der Waals surface area contributed by atoms with Gasteiger partial charge in [-0.1, -0.05) is 48.5 Å². The van der Waals surface area contributed by atoms with Gasteiger partial charge in [0.15, 0.2) is 0 Å². The lowest BCUT2D eigenvalue weighted by molar-refractivity contribution is -0.129. The van der Waals surface area contributed by atoms with Crippen molar-refractivity contribution in [3.63, 3.8) is 0 Å². The molecule has 0 N–H and O–H groups in total. The molecule has 2 nitrogen and oxygen atoms in total. The average molecular weight is 338 g/mol. The number of ketones is 2. The molecule has 0 amide bonds. The maximum atomic E-state index is 12.0. The third-order valence-electron chi connectivity index (χ3n) is 5.63. The molecule has 5 aliphatic rings. The average Bonchev–Trinajstić information content (AvgIpc) is 2.64. The van der Waals surface area contributed by atoms with Crippen molar-refractivity contribution in [2.45, 2.75) is 25.7 Å². The van der Waals surface area contributed by atoms with Gasteiger partial charge in [0.05, 0.1) is 0 Å². The Balaban J connectivity index is 1.82. The van der Waals surface area contributed by atoms with E-state index >= 15 is 0 Å². The molecule has 0 spiro atoms. The van der Waals surface area contributed by atoms with Gasteiger partial charge in [0.1, 0.15) is 0 Å². The molecular formula is C24H18O2. The van der Waals surface area contributed by atoms with Crippen LogP contribution in [-0.2, 0) is 35.3 Å². The Bertz CT molecular complexity index is 1200. The molecule has 0 heterocycles. The van der Waals surface area contributed by atoms with Crippen molar-refractivity contribution in [3.05, 3.63) is 81.2 Å². The van der Waals surface area contributed by atoms with Crippen LogP contribution in [0.2, 0.25) is 0 Å². The van der Waals surface area contributed by atoms with Gasteiger partial charge in [-0.3, -0.25) is 9.59 Å². The van der Waals surface area contributed by atoms with Crippen molar-refractivity contribution in [2.75, 3.05) is 0 Å². The van der Waals surface area contributed by atoms with Crippen LogP contribution in [0.15, 0.2) is 48.5 Å². The molecule has 3 aromatic carbocycles. The van der Waals surface area contributed by atoms with Gasteiger partial charge >= 0.3 is 0 Å². The Hall–Kier alpha value is -3.00. The van der Waals surface area contributed by atoms with E-state index in [2.05, 4.69) is 42.5 Å². The van der Waals surface area contributed by atoms with E-state index in [9.17, 15) is 9.59 Å². The van der Waals surface area contributed by atoms with E-state index in [0.29, 0.717) is 0 Å². The zero-order valence-corrected chi connectivity index (χ0v) is 14.4. The summed E-state index contributed by atoms with van der Waals surface area (Å²) >= 11 is 0. The van der Waals surface area contributed by atoms with E-state index in [1.54, 1.807) is 0 Å². The first kappa shape index (κ1) is 15.3. The van der Waals surface area contributed by atoms with E-state index in [1.807, 2.05) is 6.07 Å². The molecule has 4 bridgehead atoms. The van der Waals surface area contributed by atoms with Crippen LogP contribution >= 0.6 is 0 Å². The number of carbonyl (C=O) groups is 2. The zero-order valence-electron chi connectivity index (χ0n) is 14.4. The van der Waals surface area contributed by atoms with Gasteiger partial charge in [-0.15, -0.1) is 0 Å². The van der Waals surface area contributed by atoms with Crippen LogP contribution in [0.3, 0.4) is 0 Å². The number of carbonyl (C=O) groups excluding carboxylic acids is 2. The lowest BCUT2D eigenvalue weighted by atomic mass is 9.89. The molecule has 0 radical (unpaired) electrons. The second kappa shape index (κ2) is 5.77. The van der Waals surface area contributed by atoms with Crippen LogP contribution in [0.1, 0.15) is 22.3 Å². The third-order valence-corrected chi connectivity index (χ3v) is 5.63. The molecule has 8 rings (SSSR count). The molecule has 5 aliphatic carbocycles. The van der Waals surface area contributed by atoms with Gasteiger partial charge in [0.25, 0.3) is 0 Å². The number of fused-ring (bicyclic) bond motifs is 1.